The van der Waals surface area contributed by atoms with Crippen LogP contribution in [-0.2, 0) is 0 Å². The Morgan fingerprint density at radius 2 is 1.60 bits per heavy atom. The maximum Gasteiger partial charge on any atom is 0.232 e. The molecule has 0 spiro atoms. The summed E-state index contributed by atoms with van der Waals surface area (Å²) in [6, 6.07) is 6.41. The van der Waals surface area contributed by atoms with Crippen molar-refractivity contribution in [1.82, 2.24) is 0 Å². The Labute approximate surface area is 124 Å². The zero-order valence-electron chi connectivity index (χ0n) is 11.2. The molecule has 0 saturated heterocycles. The topological polar surface area (TPSA) is 57.9 Å². The van der Waals surface area contributed by atoms with Gasteiger partial charge in [-0.3, -0.25) is 4.79 Å². The molecule has 20 heavy (non-hydrogen) atoms. The first kappa shape index (κ1) is 14.5. The van der Waals surface area contributed by atoms with Gasteiger partial charge in [0, 0.05) is 6.07 Å². The highest BCUT2D eigenvalue weighted by atomic mass is 79.9. The van der Waals surface area contributed by atoms with E-state index in [0.717, 1.165) is 0 Å². The van der Waals surface area contributed by atoms with Gasteiger partial charge in [-0.2, -0.15) is 0 Å². The van der Waals surface area contributed by atoms with Crippen LogP contribution in [0.4, 0.5) is 0 Å². The van der Waals surface area contributed by atoms with Crippen LogP contribution in [0.3, 0.4) is 0 Å². The standard InChI is InChI=1S/C14H13BrO5/c1-17-10-7-12(19-3)11(18-2)6-8(10)14(16)9-4-5-13(15)20-9/h4-7H,1-3H3. The number of benzene rings is 1. The summed E-state index contributed by atoms with van der Waals surface area (Å²) in [4.78, 5) is 12.4. The lowest BCUT2D eigenvalue weighted by atomic mass is 10.1. The summed E-state index contributed by atoms with van der Waals surface area (Å²) >= 11 is 3.16. The fourth-order valence-corrected chi connectivity index (χ4v) is 2.08. The molecule has 2 rings (SSSR count). The lowest BCUT2D eigenvalue weighted by Crippen LogP contribution is -2.04. The van der Waals surface area contributed by atoms with Gasteiger partial charge < -0.3 is 18.6 Å². The molecule has 5 nitrogen and oxygen atoms in total. The summed E-state index contributed by atoms with van der Waals surface area (Å²) in [7, 11) is 4.50. The van der Waals surface area contributed by atoms with E-state index in [4.69, 9.17) is 18.6 Å². The van der Waals surface area contributed by atoms with Gasteiger partial charge in [-0.1, -0.05) is 0 Å². The molecule has 0 radical (unpaired) electrons. The van der Waals surface area contributed by atoms with Crippen LogP contribution in [-0.4, -0.2) is 27.1 Å². The number of furan rings is 1. The first-order chi connectivity index (χ1) is 9.60. The van der Waals surface area contributed by atoms with Crippen LogP contribution in [0.25, 0.3) is 0 Å². The van der Waals surface area contributed by atoms with Crippen molar-refractivity contribution in [2.75, 3.05) is 21.3 Å². The fourth-order valence-electron chi connectivity index (χ4n) is 1.78. The molecule has 0 unspecified atom stereocenters. The quantitative estimate of drug-likeness (QED) is 0.781. The molecule has 0 N–H and O–H groups in total. The Bertz CT molecular complexity index is 632. The molecular weight excluding hydrogens is 328 g/mol. The smallest absolute Gasteiger partial charge is 0.232 e. The second-order valence-corrected chi connectivity index (χ2v) is 4.62. The Balaban J connectivity index is 2.52. The van der Waals surface area contributed by atoms with E-state index in [0.29, 0.717) is 27.5 Å². The summed E-state index contributed by atoms with van der Waals surface area (Å²) < 4.78 is 21.4. The number of rotatable bonds is 5. The minimum Gasteiger partial charge on any atom is -0.496 e. The first-order valence-electron chi connectivity index (χ1n) is 5.70. The van der Waals surface area contributed by atoms with E-state index in [-0.39, 0.29) is 11.5 Å². The first-order valence-corrected chi connectivity index (χ1v) is 6.50. The largest absolute Gasteiger partial charge is 0.496 e. The van der Waals surface area contributed by atoms with Crippen LogP contribution < -0.4 is 14.2 Å². The molecule has 1 aromatic carbocycles. The zero-order valence-corrected chi connectivity index (χ0v) is 12.8. The molecule has 106 valence electrons. The number of ether oxygens (including phenoxy) is 3. The van der Waals surface area contributed by atoms with E-state index in [1.807, 2.05) is 0 Å². The van der Waals surface area contributed by atoms with Crippen LogP contribution >= 0.6 is 15.9 Å². The van der Waals surface area contributed by atoms with Gasteiger partial charge in [-0.25, -0.2) is 0 Å². The minimum atomic E-state index is -0.298. The Morgan fingerprint density at radius 3 is 2.10 bits per heavy atom. The van der Waals surface area contributed by atoms with Crippen molar-refractivity contribution in [3.05, 3.63) is 40.3 Å². The zero-order chi connectivity index (χ0) is 14.7. The number of hydrogen-bond donors (Lipinski definition) is 0. The van der Waals surface area contributed by atoms with Crippen molar-refractivity contribution in [1.29, 1.82) is 0 Å². The molecule has 0 atom stereocenters. The van der Waals surface area contributed by atoms with Crippen molar-refractivity contribution >= 4 is 21.7 Å². The van der Waals surface area contributed by atoms with Crippen molar-refractivity contribution in [3.8, 4) is 17.2 Å². The van der Waals surface area contributed by atoms with Crippen LogP contribution in [0.15, 0.2) is 33.4 Å². The highest BCUT2D eigenvalue weighted by Crippen LogP contribution is 2.35. The third-order valence-corrected chi connectivity index (χ3v) is 3.17. The van der Waals surface area contributed by atoms with Crippen molar-refractivity contribution in [2.24, 2.45) is 0 Å². The molecule has 2 aromatic rings. The van der Waals surface area contributed by atoms with Crippen LogP contribution in [0, 0.1) is 0 Å². The van der Waals surface area contributed by atoms with E-state index in [1.54, 1.807) is 24.3 Å². The summed E-state index contributed by atoms with van der Waals surface area (Å²) in [5, 5.41) is 0. The van der Waals surface area contributed by atoms with E-state index in [9.17, 15) is 4.79 Å². The average Bonchev–Trinajstić information content (AvgIpc) is 2.91. The Morgan fingerprint density at radius 1 is 1.00 bits per heavy atom. The van der Waals surface area contributed by atoms with Gasteiger partial charge in [-0.15, -0.1) is 0 Å². The van der Waals surface area contributed by atoms with Crippen molar-refractivity contribution < 1.29 is 23.4 Å². The molecule has 1 heterocycles. The van der Waals surface area contributed by atoms with Gasteiger partial charge >= 0.3 is 0 Å². The number of carbonyl (C=O) groups is 1. The maximum atomic E-state index is 12.4. The highest BCUT2D eigenvalue weighted by molar-refractivity contribution is 9.10. The van der Waals surface area contributed by atoms with Crippen molar-refractivity contribution in [3.63, 3.8) is 0 Å². The number of hydrogen-bond acceptors (Lipinski definition) is 5. The molecule has 0 amide bonds. The fraction of sp³-hybridized carbons (Fsp3) is 0.214. The molecule has 0 aliphatic heterocycles. The van der Waals surface area contributed by atoms with Gasteiger partial charge in [0.15, 0.2) is 21.9 Å². The number of carbonyl (C=O) groups excluding carboxylic acids is 1. The highest BCUT2D eigenvalue weighted by Gasteiger charge is 2.21. The van der Waals surface area contributed by atoms with Crippen LogP contribution in [0.2, 0.25) is 0 Å². The van der Waals surface area contributed by atoms with Crippen LogP contribution in [0.1, 0.15) is 16.1 Å². The summed E-state index contributed by atoms with van der Waals surface area (Å²) in [6.45, 7) is 0. The van der Waals surface area contributed by atoms with Gasteiger partial charge in [0.1, 0.15) is 5.75 Å². The molecule has 0 fully saturated rings. The van der Waals surface area contributed by atoms with Gasteiger partial charge in [0.25, 0.3) is 0 Å². The monoisotopic (exact) mass is 340 g/mol. The minimum absolute atomic E-state index is 0.211. The second-order valence-electron chi connectivity index (χ2n) is 3.84. The predicted molar refractivity (Wildman–Crippen MR) is 75.9 cm³/mol. The third kappa shape index (κ3) is 2.65. The molecule has 0 aliphatic carbocycles. The third-order valence-electron chi connectivity index (χ3n) is 2.75. The summed E-state index contributed by atoms with van der Waals surface area (Å²) in [5.74, 6) is 1.24. The van der Waals surface area contributed by atoms with E-state index < -0.39 is 0 Å². The molecule has 0 aliphatic rings. The van der Waals surface area contributed by atoms with E-state index in [1.165, 1.54) is 21.3 Å². The lowest BCUT2D eigenvalue weighted by molar-refractivity contribution is 0.100. The number of ketones is 1. The maximum absolute atomic E-state index is 12.4. The van der Waals surface area contributed by atoms with Gasteiger partial charge in [0.05, 0.1) is 26.9 Å². The molecule has 0 saturated carbocycles. The van der Waals surface area contributed by atoms with E-state index in [2.05, 4.69) is 15.9 Å². The Kier molecular flexibility index (Phi) is 4.34. The average molecular weight is 341 g/mol. The lowest BCUT2D eigenvalue weighted by Gasteiger charge is -2.12. The second kappa shape index (κ2) is 6.00. The number of halogens is 1. The molecule has 1 aromatic heterocycles. The Hall–Kier alpha value is -1.95. The normalized spacial score (nSPS) is 10.2. The number of methoxy groups -OCH3 is 3. The molecule has 0 bridgehead atoms. The van der Waals surface area contributed by atoms with Gasteiger partial charge in [0.2, 0.25) is 5.78 Å². The SMILES string of the molecule is COc1cc(OC)c(C(=O)c2ccc(Br)o2)cc1OC. The van der Waals surface area contributed by atoms with Crippen molar-refractivity contribution in [2.45, 2.75) is 0 Å². The van der Waals surface area contributed by atoms with Gasteiger partial charge in [-0.05, 0) is 34.1 Å². The predicted octanol–water partition coefficient (Wildman–Crippen LogP) is 3.30. The molecular formula is C14H13BrO5. The van der Waals surface area contributed by atoms with E-state index >= 15 is 0 Å². The van der Waals surface area contributed by atoms with Crippen LogP contribution in [0.5, 0.6) is 17.2 Å². The summed E-state index contributed by atoms with van der Waals surface area (Å²) in [5.41, 5.74) is 0.340. The molecule has 6 heteroatoms. The summed E-state index contributed by atoms with van der Waals surface area (Å²) in [6.07, 6.45) is 0.